The molecule has 0 aliphatic heterocycles. The molecule has 0 unspecified atom stereocenters. The van der Waals surface area contributed by atoms with Crippen molar-refractivity contribution in [1.82, 2.24) is 5.32 Å². The number of nitrogens with one attached hydrogen (secondary N) is 2. The van der Waals surface area contributed by atoms with Crippen molar-refractivity contribution in [1.29, 1.82) is 0 Å². The molecule has 0 aliphatic carbocycles. The molecule has 0 heterocycles. The largest absolute Gasteiger partial charge is 0.385 e. The number of amides is 1. The van der Waals surface area contributed by atoms with Gasteiger partial charge in [0.2, 0.25) is 5.91 Å². The fraction of sp³-hybridized carbons (Fsp3) is 0.467. The molecule has 0 aliphatic rings. The van der Waals surface area contributed by atoms with E-state index in [0.717, 1.165) is 12.1 Å². The molecule has 0 bridgehead atoms. The summed E-state index contributed by atoms with van der Waals surface area (Å²) in [6.07, 6.45) is 1.22. The third kappa shape index (κ3) is 6.33. The summed E-state index contributed by atoms with van der Waals surface area (Å²) in [6.45, 7) is 3.35. The highest BCUT2D eigenvalue weighted by molar-refractivity contribution is 5.94. The van der Waals surface area contributed by atoms with Gasteiger partial charge in [-0.1, -0.05) is 12.1 Å². The van der Waals surface area contributed by atoms with Crippen LogP contribution >= 0.6 is 0 Å². The first kappa shape index (κ1) is 16.2. The summed E-state index contributed by atoms with van der Waals surface area (Å²) in [4.78, 5) is 22.8. The van der Waals surface area contributed by atoms with Crippen molar-refractivity contribution >= 4 is 17.4 Å². The maximum absolute atomic E-state index is 11.5. The number of benzene rings is 1. The molecule has 0 saturated carbocycles. The summed E-state index contributed by atoms with van der Waals surface area (Å²) in [5.41, 5.74) is 1.52. The Labute approximate surface area is 119 Å². The minimum absolute atomic E-state index is 0.0105. The standard InChI is InChI=1S/C15H22N2O3/c1-12(18)13-5-3-6-14(11-13)16-9-7-15(19)17-8-4-10-20-2/h3,5-6,11,16H,4,7-10H2,1-2H3,(H,17,19). The second-order valence-corrected chi connectivity index (χ2v) is 4.51. The van der Waals surface area contributed by atoms with E-state index in [0.29, 0.717) is 31.7 Å². The zero-order valence-electron chi connectivity index (χ0n) is 12.1. The minimum atomic E-state index is 0.0105. The van der Waals surface area contributed by atoms with Crippen molar-refractivity contribution in [2.75, 3.05) is 32.1 Å². The number of Topliss-reactive ketones (excluding diaryl/α,β-unsaturated/α-hetero) is 1. The Hall–Kier alpha value is -1.88. The normalized spacial score (nSPS) is 10.1. The van der Waals surface area contributed by atoms with Crippen LogP contribution in [0.5, 0.6) is 0 Å². The van der Waals surface area contributed by atoms with E-state index < -0.39 is 0 Å². The number of rotatable bonds is 9. The van der Waals surface area contributed by atoms with E-state index >= 15 is 0 Å². The fourth-order valence-corrected chi connectivity index (χ4v) is 1.70. The van der Waals surface area contributed by atoms with Crippen LogP contribution in [0.3, 0.4) is 0 Å². The highest BCUT2D eigenvalue weighted by Crippen LogP contribution is 2.10. The molecule has 5 heteroatoms. The molecular weight excluding hydrogens is 256 g/mol. The van der Waals surface area contributed by atoms with Gasteiger partial charge < -0.3 is 15.4 Å². The molecular formula is C15H22N2O3. The first-order chi connectivity index (χ1) is 9.63. The topological polar surface area (TPSA) is 67.4 Å². The molecule has 0 aromatic heterocycles. The predicted octanol–water partition coefficient (Wildman–Crippen LogP) is 1.84. The monoisotopic (exact) mass is 278 g/mol. The first-order valence-electron chi connectivity index (χ1n) is 6.74. The number of methoxy groups -OCH3 is 1. The summed E-state index contributed by atoms with van der Waals surface area (Å²) >= 11 is 0. The lowest BCUT2D eigenvalue weighted by molar-refractivity contribution is -0.120. The summed E-state index contributed by atoms with van der Waals surface area (Å²) in [5, 5.41) is 5.95. The van der Waals surface area contributed by atoms with Gasteiger partial charge >= 0.3 is 0 Å². The number of carbonyl (C=O) groups is 2. The predicted molar refractivity (Wildman–Crippen MR) is 79.1 cm³/mol. The van der Waals surface area contributed by atoms with Gasteiger partial charge in [-0.2, -0.15) is 0 Å². The Morgan fingerprint density at radius 2 is 2.05 bits per heavy atom. The second kappa shape index (κ2) is 9.09. The van der Waals surface area contributed by atoms with Gasteiger partial charge in [-0.3, -0.25) is 9.59 Å². The van der Waals surface area contributed by atoms with Gasteiger partial charge in [0.05, 0.1) is 0 Å². The number of hydrogen-bond acceptors (Lipinski definition) is 4. The zero-order valence-corrected chi connectivity index (χ0v) is 12.1. The van der Waals surface area contributed by atoms with Gasteiger partial charge in [0, 0.05) is 44.5 Å². The van der Waals surface area contributed by atoms with Crippen molar-refractivity contribution in [3.63, 3.8) is 0 Å². The average Bonchev–Trinajstić information content (AvgIpc) is 2.44. The molecule has 1 aromatic rings. The molecule has 110 valence electrons. The van der Waals surface area contributed by atoms with E-state index in [4.69, 9.17) is 4.74 Å². The lowest BCUT2D eigenvalue weighted by atomic mass is 10.1. The van der Waals surface area contributed by atoms with E-state index in [1.807, 2.05) is 12.1 Å². The van der Waals surface area contributed by atoms with Crippen molar-refractivity contribution in [3.8, 4) is 0 Å². The van der Waals surface area contributed by atoms with Crippen molar-refractivity contribution < 1.29 is 14.3 Å². The zero-order chi connectivity index (χ0) is 14.8. The SMILES string of the molecule is COCCCNC(=O)CCNc1cccc(C(C)=O)c1. The van der Waals surface area contributed by atoms with Crippen LogP contribution in [0, 0.1) is 0 Å². The number of carbonyl (C=O) groups excluding carboxylic acids is 2. The highest BCUT2D eigenvalue weighted by Gasteiger charge is 2.02. The van der Waals surface area contributed by atoms with Gasteiger partial charge in [-0.05, 0) is 25.5 Å². The molecule has 0 spiro atoms. The van der Waals surface area contributed by atoms with Crippen LogP contribution in [0.1, 0.15) is 30.1 Å². The third-order valence-electron chi connectivity index (χ3n) is 2.80. The molecule has 0 fully saturated rings. The van der Waals surface area contributed by atoms with E-state index in [9.17, 15) is 9.59 Å². The molecule has 20 heavy (non-hydrogen) atoms. The van der Waals surface area contributed by atoms with Crippen LogP contribution in [-0.4, -0.2) is 38.5 Å². The summed E-state index contributed by atoms with van der Waals surface area (Å²) in [7, 11) is 1.64. The fourth-order valence-electron chi connectivity index (χ4n) is 1.70. The van der Waals surface area contributed by atoms with E-state index in [1.54, 1.807) is 19.2 Å². The van der Waals surface area contributed by atoms with Crippen molar-refractivity contribution in [2.45, 2.75) is 19.8 Å². The number of ketones is 1. The average molecular weight is 278 g/mol. The Balaban J connectivity index is 2.25. The quantitative estimate of drug-likeness (QED) is 0.534. The van der Waals surface area contributed by atoms with Crippen LogP contribution in [0.2, 0.25) is 0 Å². The van der Waals surface area contributed by atoms with Crippen LogP contribution in [0.4, 0.5) is 5.69 Å². The van der Waals surface area contributed by atoms with E-state index in [2.05, 4.69) is 10.6 Å². The highest BCUT2D eigenvalue weighted by atomic mass is 16.5. The smallest absolute Gasteiger partial charge is 0.221 e. The van der Waals surface area contributed by atoms with Crippen LogP contribution in [0.25, 0.3) is 0 Å². The van der Waals surface area contributed by atoms with Crippen molar-refractivity contribution in [2.24, 2.45) is 0 Å². The molecule has 0 atom stereocenters. The Bertz CT molecular complexity index is 446. The van der Waals surface area contributed by atoms with Gasteiger partial charge in [0.15, 0.2) is 5.78 Å². The molecule has 1 amide bonds. The minimum Gasteiger partial charge on any atom is -0.385 e. The Kier molecular flexibility index (Phi) is 7.35. The molecule has 1 aromatic carbocycles. The van der Waals surface area contributed by atoms with E-state index in [-0.39, 0.29) is 11.7 Å². The number of ether oxygens (including phenoxy) is 1. The molecule has 0 saturated heterocycles. The van der Waals surface area contributed by atoms with Crippen LogP contribution in [0.15, 0.2) is 24.3 Å². The van der Waals surface area contributed by atoms with Gasteiger partial charge in [0.25, 0.3) is 0 Å². The van der Waals surface area contributed by atoms with Gasteiger partial charge in [-0.25, -0.2) is 0 Å². The first-order valence-corrected chi connectivity index (χ1v) is 6.74. The molecule has 1 rings (SSSR count). The van der Waals surface area contributed by atoms with Gasteiger partial charge in [-0.15, -0.1) is 0 Å². The second-order valence-electron chi connectivity index (χ2n) is 4.51. The summed E-state index contributed by atoms with van der Waals surface area (Å²) in [5.74, 6) is 0.0425. The van der Waals surface area contributed by atoms with Crippen LogP contribution < -0.4 is 10.6 Å². The van der Waals surface area contributed by atoms with Crippen LogP contribution in [-0.2, 0) is 9.53 Å². The lowest BCUT2D eigenvalue weighted by Gasteiger charge is -2.08. The molecule has 2 N–H and O–H groups in total. The Morgan fingerprint density at radius 3 is 2.75 bits per heavy atom. The van der Waals surface area contributed by atoms with Gasteiger partial charge in [0.1, 0.15) is 0 Å². The summed E-state index contributed by atoms with van der Waals surface area (Å²) in [6, 6.07) is 7.27. The Morgan fingerprint density at radius 1 is 1.25 bits per heavy atom. The third-order valence-corrected chi connectivity index (χ3v) is 2.80. The van der Waals surface area contributed by atoms with E-state index in [1.165, 1.54) is 6.92 Å². The maximum atomic E-state index is 11.5. The maximum Gasteiger partial charge on any atom is 0.221 e. The summed E-state index contributed by atoms with van der Waals surface area (Å²) < 4.78 is 4.90. The van der Waals surface area contributed by atoms with Crippen molar-refractivity contribution in [3.05, 3.63) is 29.8 Å². The number of hydrogen-bond donors (Lipinski definition) is 2. The lowest BCUT2D eigenvalue weighted by Crippen LogP contribution is -2.26. The number of anilines is 1. The molecule has 0 radical (unpaired) electrons. The molecule has 5 nitrogen and oxygen atoms in total.